The van der Waals surface area contributed by atoms with Crippen molar-refractivity contribution in [3.05, 3.63) is 65.2 Å². The SMILES string of the molecule is CCCC(=O)CC1(c2ccccc2)c2cc(C#N)ccc2N2CC(C)(C)C(=O)N21. The molecule has 0 spiro atoms. The molecule has 0 radical (unpaired) electrons. The number of rotatable bonds is 5. The van der Waals surface area contributed by atoms with Crippen molar-refractivity contribution >= 4 is 17.4 Å². The maximum atomic E-state index is 13.6. The third-order valence-corrected chi connectivity index (χ3v) is 6.00. The second-order valence-corrected chi connectivity index (χ2v) is 8.59. The van der Waals surface area contributed by atoms with Gasteiger partial charge in [-0.25, -0.2) is 5.01 Å². The molecule has 29 heavy (non-hydrogen) atoms. The maximum Gasteiger partial charge on any atom is 0.249 e. The van der Waals surface area contributed by atoms with Gasteiger partial charge < -0.3 is 0 Å². The number of fused-ring (bicyclic) bond motifs is 3. The number of carbonyl (C=O) groups excluding carboxylic acids is 2. The number of ketones is 1. The lowest BCUT2D eigenvalue weighted by molar-refractivity contribution is -0.140. The third kappa shape index (κ3) is 2.74. The Morgan fingerprint density at radius 1 is 1.17 bits per heavy atom. The van der Waals surface area contributed by atoms with Crippen LogP contribution in [0.15, 0.2) is 48.5 Å². The molecule has 148 valence electrons. The largest absolute Gasteiger partial charge is 0.300 e. The van der Waals surface area contributed by atoms with Gasteiger partial charge in [0.05, 0.1) is 29.3 Å². The molecule has 0 N–H and O–H groups in total. The predicted octanol–water partition coefficient (Wildman–Crippen LogP) is 4.16. The fourth-order valence-electron chi connectivity index (χ4n) is 4.67. The first kappa shape index (κ1) is 19.2. The van der Waals surface area contributed by atoms with Crippen LogP contribution in [0.5, 0.6) is 0 Å². The van der Waals surface area contributed by atoms with Gasteiger partial charge in [0, 0.05) is 18.4 Å². The highest BCUT2D eigenvalue weighted by Gasteiger charge is 2.60. The number of hydrogen-bond donors (Lipinski definition) is 0. The van der Waals surface area contributed by atoms with Crippen molar-refractivity contribution in [2.45, 2.75) is 45.6 Å². The molecule has 4 rings (SSSR count). The molecule has 2 aromatic carbocycles. The van der Waals surface area contributed by atoms with E-state index in [1.54, 1.807) is 11.1 Å². The van der Waals surface area contributed by atoms with Crippen molar-refractivity contribution in [3.8, 4) is 6.07 Å². The number of Topliss-reactive ketones (excluding diaryl/α,β-unsaturated/α-hetero) is 1. The molecular formula is C24H25N3O2. The van der Waals surface area contributed by atoms with E-state index in [2.05, 4.69) is 6.07 Å². The van der Waals surface area contributed by atoms with E-state index >= 15 is 0 Å². The molecule has 1 atom stereocenters. The average Bonchev–Trinajstić information content (AvgIpc) is 3.11. The number of amides is 1. The number of nitrogens with zero attached hydrogens (tertiary/aromatic N) is 3. The van der Waals surface area contributed by atoms with Gasteiger partial charge in [-0.1, -0.05) is 37.3 Å². The van der Waals surface area contributed by atoms with E-state index < -0.39 is 11.0 Å². The Morgan fingerprint density at radius 3 is 2.55 bits per heavy atom. The number of anilines is 1. The van der Waals surface area contributed by atoms with Crippen molar-refractivity contribution in [2.24, 2.45) is 5.41 Å². The van der Waals surface area contributed by atoms with Gasteiger partial charge in [0.25, 0.3) is 0 Å². The summed E-state index contributed by atoms with van der Waals surface area (Å²) in [6.07, 6.45) is 1.43. The summed E-state index contributed by atoms with van der Waals surface area (Å²) in [6.45, 7) is 6.42. The van der Waals surface area contributed by atoms with Crippen LogP contribution in [0.1, 0.15) is 56.7 Å². The Morgan fingerprint density at radius 2 is 1.90 bits per heavy atom. The van der Waals surface area contributed by atoms with E-state index in [1.165, 1.54) is 0 Å². The molecule has 5 nitrogen and oxygen atoms in total. The van der Waals surface area contributed by atoms with E-state index in [0.29, 0.717) is 18.5 Å². The number of benzene rings is 2. The van der Waals surface area contributed by atoms with E-state index in [0.717, 1.165) is 23.2 Å². The summed E-state index contributed by atoms with van der Waals surface area (Å²) >= 11 is 0. The van der Waals surface area contributed by atoms with E-state index in [9.17, 15) is 14.9 Å². The standard InChI is InChI=1S/C24H25N3O2/c1-4-8-19(28)14-24(18-9-6-5-7-10-18)20-13-17(15-25)11-12-21(20)26-16-23(2,3)22(29)27(24)26/h5-7,9-13H,4,8,14,16H2,1-3H3. The van der Waals surface area contributed by atoms with Gasteiger partial charge in [-0.2, -0.15) is 5.26 Å². The molecule has 2 heterocycles. The van der Waals surface area contributed by atoms with Gasteiger partial charge in [-0.05, 0) is 44.0 Å². The molecule has 0 aliphatic carbocycles. The summed E-state index contributed by atoms with van der Waals surface area (Å²) in [4.78, 5) is 26.5. The number of hydrogen-bond acceptors (Lipinski definition) is 4. The molecule has 2 aliphatic rings. The summed E-state index contributed by atoms with van der Waals surface area (Å²) in [7, 11) is 0. The van der Waals surface area contributed by atoms with Crippen LogP contribution in [0.3, 0.4) is 0 Å². The maximum absolute atomic E-state index is 13.6. The molecule has 0 aromatic heterocycles. The lowest BCUT2D eigenvalue weighted by atomic mass is 9.76. The molecule has 0 bridgehead atoms. The molecule has 1 unspecified atom stereocenters. The summed E-state index contributed by atoms with van der Waals surface area (Å²) in [5.74, 6) is 0.115. The number of carbonyl (C=O) groups is 2. The Hall–Kier alpha value is -3.13. The lowest BCUT2D eigenvalue weighted by Gasteiger charge is -2.39. The summed E-state index contributed by atoms with van der Waals surface area (Å²) in [5, 5.41) is 13.3. The highest BCUT2D eigenvalue weighted by atomic mass is 16.2. The van der Waals surface area contributed by atoms with E-state index in [4.69, 9.17) is 0 Å². The molecular weight excluding hydrogens is 362 g/mol. The summed E-state index contributed by atoms with van der Waals surface area (Å²) in [6, 6.07) is 17.5. The van der Waals surface area contributed by atoms with Crippen LogP contribution in [0, 0.1) is 16.7 Å². The van der Waals surface area contributed by atoms with Crippen LogP contribution in [0.4, 0.5) is 5.69 Å². The van der Waals surface area contributed by atoms with E-state index in [-0.39, 0.29) is 18.1 Å². The Kier molecular flexibility index (Phi) is 4.46. The Labute approximate surface area is 171 Å². The monoisotopic (exact) mass is 387 g/mol. The zero-order valence-corrected chi connectivity index (χ0v) is 17.1. The highest BCUT2D eigenvalue weighted by Crippen LogP contribution is 2.55. The minimum Gasteiger partial charge on any atom is -0.300 e. The minimum atomic E-state index is -0.930. The molecule has 5 heteroatoms. The zero-order chi connectivity index (χ0) is 20.8. The van der Waals surface area contributed by atoms with Gasteiger partial charge in [0.15, 0.2) is 0 Å². The van der Waals surface area contributed by atoms with Crippen LogP contribution in [-0.2, 0) is 15.1 Å². The predicted molar refractivity (Wildman–Crippen MR) is 111 cm³/mol. The van der Waals surface area contributed by atoms with Crippen LogP contribution in [0.2, 0.25) is 0 Å². The van der Waals surface area contributed by atoms with Crippen LogP contribution < -0.4 is 5.01 Å². The minimum absolute atomic E-state index is 0.000333. The summed E-state index contributed by atoms with van der Waals surface area (Å²) < 4.78 is 0. The molecule has 1 saturated heterocycles. The van der Waals surface area contributed by atoms with E-state index in [1.807, 2.05) is 68.2 Å². The topological polar surface area (TPSA) is 64.4 Å². The molecule has 2 aromatic rings. The Balaban J connectivity index is 2.02. The van der Waals surface area contributed by atoms with Gasteiger partial charge in [-0.15, -0.1) is 0 Å². The van der Waals surface area contributed by atoms with Crippen LogP contribution in [0.25, 0.3) is 0 Å². The second-order valence-electron chi connectivity index (χ2n) is 8.59. The number of nitriles is 1. The summed E-state index contributed by atoms with van der Waals surface area (Å²) in [5.41, 5.74) is 1.70. The molecule has 1 fully saturated rings. The van der Waals surface area contributed by atoms with Crippen molar-refractivity contribution in [1.29, 1.82) is 5.26 Å². The van der Waals surface area contributed by atoms with Gasteiger partial charge in [0.1, 0.15) is 11.3 Å². The van der Waals surface area contributed by atoms with Gasteiger partial charge in [0.2, 0.25) is 5.91 Å². The quantitative estimate of drug-likeness (QED) is 0.773. The van der Waals surface area contributed by atoms with Crippen molar-refractivity contribution < 1.29 is 9.59 Å². The van der Waals surface area contributed by atoms with Crippen LogP contribution >= 0.6 is 0 Å². The van der Waals surface area contributed by atoms with Crippen molar-refractivity contribution in [1.82, 2.24) is 5.01 Å². The second kappa shape index (κ2) is 6.73. The van der Waals surface area contributed by atoms with Crippen molar-refractivity contribution in [3.63, 3.8) is 0 Å². The first-order valence-electron chi connectivity index (χ1n) is 10.1. The smallest absolute Gasteiger partial charge is 0.249 e. The fourth-order valence-corrected chi connectivity index (χ4v) is 4.67. The van der Waals surface area contributed by atoms with Gasteiger partial charge >= 0.3 is 0 Å². The molecule has 0 saturated carbocycles. The van der Waals surface area contributed by atoms with Crippen LogP contribution in [-0.4, -0.2) is 23.2 Å². The molecule has 1 amide bonds. The van der Waals surface area contributed by atoms with Crippen molar-refractivity contribution in [2.75, 3.05) is 11.6 Å². The normalized spacial score (nSPS) is 21.7. The first-order valence-corrected chi connectivity index (χ1v) is 10.1. The lowest BCUT2D eigenvalue weighted by Crippen LogP contribution is -2.51. The fraction of sp³-hybridized carbons (Fsp3) is 0.375. The van der Waals surface area contributed by atoms with Gasteiger partial charge in [-0.3, -0.25) is 14.6 Å². The average molecular weight is 387 g/mol. The Bertz CT molecular complexity index is 1020. The first-order chi connectivity index (χ1) is 13.8. The number of hydrazine groups is 1. The molecule has 2 aliphatic heterocycles. The zero-order valence-electron chi connectivity index (χ0n) is 17.1. The highest BCUT2D eigenvalue weighted by molar-refractivity contribution is 5.94. The third-order valence-electron chi connectivity index (χ3n) is 6.00.